The molecule has 3 N–H and O–H groups in total. The summed E-state index contributed by atoms with van der Waals surface area (Å²) < 4.78 is 11.8. The van der Waals surface area contributed by atoms with E-state index in [1.807, 2.05) is 18.2 Å². The van der Waals surface area contributed by atoms with Crippen molar-refractivity contribution in [3.63, 3.8) is 0 Å². The fraction of sp³-hybridized carbons (Fsp3) is 0.385. The van der Waals surface area contributed by atoms with Crippen LogP contribution in [0.5, 0.6) is 5.75 Å². The summed E-state index contributed by atoms with van der Waals surface area (Å²) in [7, 11) is 1.66. The zero-order valence-electron chi connectivity index (χ0n) is 10.3. The highest BCUT2D eigenvalue weighted by Crippen LogP contribution is 2.34. The van der Waals surface area contributed by atoms with E-state index in [9.17, 15) is 0 Å². The summed E-state index contributed by atoms with van der Waals surface area (Å²) in [6.45, 7) is 0.776. The molecule has 1 aliphatic heterocycles. The Hall–Kier alpha value is -1.04. The first-order valence-electron chi connectivity index (χ1n) is 5.86. The summed E-state index contributed by atoms with van der Waals surface area (Å²) in [4.78, 5) is 0. The fourth-order valence-electron chi connectivity index (χ4n) is 2.12. The molecule has 18 heavy (non-hydrogen) atoms. The zero-order chi connectivity index (χ0) is 13.0. The molecular formula is C13H17BrN2O2. The van der Waals surface area contributed by atoms with E-state index in [-0.39, 0.29) is 6.04 Å². The second kappa shape index (κ2) is 6.22. The molecule has 1 aromatic carbocycles. The maximum atomic E-state index is 5.68. The molecule has 0 saturated heterocycles. The van der Waals surface area contributed by atoms with Gasteiger partial charge in [0.25, 0.3) is 0 Å². The van der Waals surface area contributed by atoms with Crippen LogP contribution >= 0.6 is 15.9 Å². The van der Waals surface area contributed by atoms with Crippen molar-refractivity contribution < 1.29 is 9.47 Å². The minimum Gasteiger partial charge on any atom is -0.501 e. The van der Waals surface area contributed by atoms with Crippen molar-refractivity contribution in [1.82, 2.24) is 5.43 Å². The highest BCUT2D eigenvalue weighted by atomic mass is 79.9. The van der Waals surface area contributed by atoms with Gasteiger partial charge in [-0.25, -0.2) is 5.43 Å². The Morgan fingerprint density at radius 1 is 1.50 bits per heavy atom. The predicted octanol–water partition coefficient (Wildman–Crippen LogP) is 2.66. The number of ether oxygens (including phenoxy) is 2. The second-order valence-corrected chi connectivity index (χ2v) is 5.07. The van der Waals surface area contributed by atoms with Crippen LogP contribution in [0.15, 0.2) is 34.5 Å². The quantitative estimate of drug-likeness (QED) is 0.663. The molecule has 0 aromatic heterocycles. The van der Waals surface area contributed by atoms with E-state index in [0.29, 0.717) is 0 Å². The number of methoxy groups -OCH3 is 1. The van der Waals surface area contributed by atoms with Crippen molar-refractivity contribution in [2.75, 3.05) is 13.7 Å². The van der Waals surface area contributed by atoms with Gasteiger partial charge in [-0.05, 0) is 30.5 Å². The van der Waals surface area contributed by atoms with Gasteiger partial charge in [-0.1, -0.05) is 22.0 Å². The minimum absolute atomic E-state index is 0.0756. The van der Waals surface area contributed by atoms with E-state index < -0.39 is 0 Å². The lowest BCUT2D eigenvalue weighted by molar-refractivity contribution is 0.219. The summed E-state index contributed by atoms with van der Waals surface area (Å²) in [5.74, 6) is 6.49. The SMILES string of the molecule is COc1cc(Br)ccc1C(NN)C1=COCCC1. The molecule has 1 aromatic rings. The molecule has 0 aliphatic carbocycles. The van der Waals surface area contributed by atoms with E-state index in [1.54, 1.807) is 13.4 Å². The smallest absolute Gasteiger partial charge is 0.125 e. The van der Waals surface area contributed by atoms with Gasteiger partial charge < -0.3 is 9.47 Å². The Morgan fingerprint density at radius 3 is 2.94 bits per heavy atom. The molecule has 1 atom stereocenters. The van der Waals surface area contributed by atoms with Gasteiger partial charge >= 0.3 is 0 Å². The molecule has 0 spiro atoms. The monoisotopic (exact) mass is 312 g/mol. The van der Waals surface area contributed by atoms with Crippen molar-refractivity contribution in [1.29, 1.82) is 0 Å². The number of hydrogen-bond acceptors (Lipinski definition) is 4. The standard InChI is InChI=1S/C13H17BrN2O2/c1-17-12-7-10(14)4-5-11(12)13(16-15)9-3-2-6-18-8-9/h4-5,7-8,13,16H,2-3,6,15H2,1H3. The average molecular weight is 313 g/mol. The van der Waals surface area contributed by atoms with Gasteiger partial charge in [-0.15, -0.1) is 0 Å². The van der Waals surface area contributed by atoms with Crippen molar-refractivity contribution in [2.24, 2.45) is 5.84 Å². The van der Waals surface area contributed by atoms with E-state index in [4.69, 9.17) is 15.3 Å². The summed E-state index contributed by atoms with van der Waals surface area (Å²) in [5, 5.41) is 0. The van der Waals surface area contributed by atoms with Crippen molar-refractivity contribution in [3.05, 3.63) is 40.1 Å². The number of halogens is 1. The van der Waals surface area contributed by atoms with Crippen molar-refractivity contribution in [3.8, 4) is 5.75 Å². The van der Waals surface area contributed by atoms with Gasteiger partial charge in [0.2, 0.25) is 0 Å². The van der Waals surface area contributed by atoms with Crippen LogP contribution in [0.2, 0.25) is 0 Å². The van der Waals surface area contributed by atoms with Crippen LogP contribution in [-0.2, 0) is 4.74 Å². The second-order valence-electron chi connectivity index (χ2n) is 4.15. The first-order chi connectivity index (χ1) is 8.76. The third-order valence-electron chi connectivity index (χ3n) is 3.01. The Kier molecular flexibility index (Phi) is 4.63. The average Bonchev–Trinajstić information content (AvgIpc) is 2.42. The lowest BCUT2D eigenvalue weighted by Gasteiger charge is -2.24. The van der Waals surface area contributed by atoms with Crippen LogP contribution in [-0.4, -0.2) is 13.7 Å². The molecule has 0 bridgehead atoms. The molecule has 0 saturated carbocycles. The lowest BCUT2D eigenvalue weighted by atomic mass is 9.95. The molecular weight excluding hydrogens is 296 g/mol. The summed E-state index contributed by atoms with van der Waals surface area (Å²) in [6.07, 6.45) is 3.80. The molecule has 1 heterocycles. The maximum Gasteiger partial charge on any atom is 0.125 e. The van der Waals surface area contributed by atoms with E-state index in [1.165, 1.54) is 0 Å². The van der Waals surface area contributed by atoms with Crippen LogP contribution in [0, 0.1) is 0 Å². The molecule has 4 nitrogen and oxygen atoms in total. The summed E-state index contributed by atoms with van der Waals surface area (Å²) in [6, 6.07) is 5.84. The van der Waals surface area contributed by atoms with Crippen LogP contribution in [0.25, 0.3) is 0 Å². The van der Waals surface area contributed by atoms with Gasteiger partial charge in [-0.3, -0.25) is 5.84 Å². The minimum atomic E-state index is -0.0756. The highest BCUT2D eigenvalue weighted by Gasteiger charge is 2.21. The molecule has 1 unspecified atom stereocenters. The molecule has 0 radical (unpaired) electrons. The molecule has 1 aliphatic rings. The molecule has 98 valence electrons. The zero-order valence-corrected chi connectivity index (χ0v) is 11.9. The van der Waals surface area contributed by atoms with Gasteiger partial charge in [-0.2, -0.15) is 0 Å². The van der Waals surface area contributed by atoms with Gasteiger partial charge in [0.05, 0.1) is 26.0 Å². The number of nitrogens with two attached hydrogens (primary N) is 1. The lowest BCUT2D eigenvalue weighted by Crippen LogP contribution is -2.30. The van der Waals surface area contributed by atoms with Crippen LogP contribution in [0.3, 0.4) is 0 Å². The molecule has 0 amide bonds. The van der Waals surface area contributed by atoms with Crippen LogP contribution in [0.1, 0.15) is 24.4 Å². The number of nitrogens with one attached hydrogen (secondary N) is 1. The largest absolute Gasteiger partial charge is 0.501 e. The first kappa shape index (κ1) is 13.4. The topological polar surface area (TPSA) is 56.5 Å². The molecule has 5 heteroatoms. The Bertz CT molecular complexity index is 449. The number of hydrogen-bond donors (Lipinski definition) is 2. The van der Waals surface area contributed by atoms with Crippen LogP contribution in [0.4, 0.5) is 0 Å². The third kappa shape index (κ3) is 2.85. The maximum absolute atomic E-state index is 5.68. The normalized spacial score (nSPS) is 16.7. The number of benzene rings is 1. The third-order valence-corrected chi connectivity index (χ3v) is 3.50. The summed E-state index contributed by atoms with van der Waals surface area (Å²) in [5.41, 5.74) is 5.00. The predicted molar refractivity (Wildman–Crippen MR) is 74.0 cm³/mol. The number of hydrazine groups is 1. The Labute approximate surface area is 115 Å². The van der Waals surface area contributed by atoms with Crippen molar-refractivity contribution in [2.45, 2.75) is 18.9 Å². The van der Waals surface area contributed by atoms with Crippen LogP contribution < -0.4 is 16.0 Å². The van der Waals surface area contributed by atoms with E-state index in [0.717, 1.165) is 40.8 Å². The Morgan fingerprint density at radius 2 is 2.33 bits per heavy atom. The first-order valence-corrected chi connectivity index (χ1v) is 6.65. The fourth-order valence-corrected chi connectivity index (χ4v) is 2.46. The number of rotatable bonds is 4. The van der Waals surface area contributed by atoms with Crippen molar-refractivity contribution >= 4 is 15.9 Å². The van der Waals surface area contributed by atoms with E-state index in [2.05, 4.69) is 21.4 Å². The highest BCUT2D eigenvalue weighted by molar-refractivity contribution is 9.10. The Balaban J connectivity index is 2.34. The van der Waals surface area contributed by atoms with Gasteiger partial charge in [0.15, 0.2) is 0 Å². The van der Waals surface area contributed by atoms with Gasteiger partial charge in [0, 0.05) is 10.0 Å². The molecule has 0 fully saturated rings. The molecule has 2 rings (SSSR count). The summed E-state index contributed by atoms with van der Waals surface area (Å²) >= 11 is 3.43. The van der Waals surface area contributed by atoms with Gasteiger partial charge in [0.1, 0.15) is 5.75 Å². The van der Waals surface area contributed by atoms with E-state index >= 15 is 0 Å².